The number of fused-ring (bicyclic) bond motifs is 2. The van der Waals surface area contributed by atoms with E-state index in [9.17, 15) is 18.4 Å². The predicted molar refractivity (Wildman–Crippen MR) is 160 cm³/mol. The molecule has 0 bridgehead atoms. The molecule has 6 aromatic heterocycles. The van der Waals surface area contributed by atoms with Crippen molar-refractivity contribution in [2.24, 2.45) is 5.73 Å². The number of nitrogens with one attached hydrogen (secondary N) is 1. The molecular weight excluding hydrogens is 646 g/mol. The zero-order chi connectivity index (χ0) is 30.6. The number of rotatable bonds is 8. The summed E-state index contributed by atoms with van der Waals surface area (Å²) in [7, 11) is 0. The van der Waals surface area contributed by atoms with Gasteiger partial charge in [0, 0.05) is 48.7 Å². The van der Waals surface area contributed by atoms with Gasteiger partial charge in [0.1, 0.15) is 21.1 Å². The average molecular weight is 670 g/mol. The van der Waals surface area contributed by atoms with Gasteiger partial charge in [0.2, 0.25) is 0 Å². The van der Waals surface area contributed by atoms with Gasteiger partial charge >= 0.3 is 0 Å². The van der Waals surface area contributed by atoms with Crippen LogP contribution in [0.1, 0.15) is 51.8 Å². The van der Waals surface area contributed by atoms with E-state index in [0.29, 0.717) is 52.3 Å². The zero-order valence-corrected chi connectivity index (χ0v) is 25.4. The molecule has 6 heterocycles. The molecule has 0 aromatic carbocycles. The van der Waals surface area contributed by atoms with Crippen LogP contribution >= 0.6 is 27.3 Å². The lowest BCUT2D eigenvalue weighted by Crippen LogP contribution is -2.17. The molecule has 0 saturated carbocycles. The van der Waals surface area contributed by atoms with Gasteiger partial charge in [-0.05, 0) is 54.4 Å². The molecule has 6 aromatic rings. The normalized spacial score (nSPS) is 11.7. The van der Waals surface area contributed by atoms with Crippen LogP contribution in [0.4, 0.5) is 14.5 Å². The Bertz CT molecular complexity index is 2060. The summed E-state index contributed by atoms with van der Waals surface area (Å²) in [6.07, 6.45) is 2.27. The molecule has 0 unspecified atom stereocenters. The summed E-state index contributed by atoms with van der Waals surface area (Å²) in [6.45, 7) is 6.81. The maximum atomic E-state index is 13.9. The number of carbonyl (C=O) groups excluding carboxylic acids is 2. The first kappa shape index (κ1) is 28.5. The molecule has 0 spiro atoms. The van der Waals surface area contributed by atoms with Gasteiger partial charge in [-0.1, -0.05) is 0 Å². The summed E-state index contributed by atoms with van der Waals surface area (Å²) in [5.74, 6) is -1.51. The number of carbonyl (C=O) groups is 2. The van der Waals surface area contributed by atoms with Crippen molar-refractivity contribution in [3.05, 3.63) is 63.2 Å². The van der Waals surface area contributed by atoms with Crippen LogP contribution in [-0.4, -0.2) is 51.0 Å². The number of primary amides is 1. The van der Waals surface area contributed by atoms with Gasteiger partial charge in [-0.25, -0.2) is 23.3 Å². The topological polar surface area (TPSA) is 151 Å². The van der Waals surface area contributed by atoms with Crippen LogP contribution in [0.3, 0.4) is 0 Å². The molecule has 6 rings (SSSR count). The van der Waals surface area contributed by atoms with Crippen molar-refractivity contribution in [1.29, 1.82) is 0 Å². The molecule has 0 saturated heterocycles. The minimum absolute atomic E-state index is 0.00513. The third-order valence-corrected chi connectivity index (χ3v) is 8.48. The molecular formula is C27H23BrF2N10O2S. The highest BCUT2D eigenvalue weighted by molar-refractivity contribution is 9.10. The van der Waals surface area contributed by atoms with E-state index in [4.69, 9.17) is 5.73 Å². The van der Waals surface area contributed by atoms with Crippen molar-refractivity contribution in [3.8, 4) is 22.5 Å². The van der Waals surface area contributed by atoms with Gasteiger partial charge in [-0.2, -0.15) is 15.3 Å². The maximum Gasteiger partial charge on any atom is 0.280 e. The van der Waals surface area contributed by atoms with Gasteiger partial charge in [0.05, 0.1) is 21.5 Å². The van der Waals surface area contributed by atoms with E-state index in [-0.39, 0.29) is 21.1 Å². The Kier molecular flexibility index (Phi) is 7.25. The van der Waals surface area contributed by atoms with Crippen LogP contribution in [0.2, 0.25) is 0 Å². The van der Waals surface area contributed by atoms with Crippen molar-refractivity contribution >= 4 is 60.6 Å². The molecule has 2 amide bonds. The fraction of sp³-hybridized carbons (Fsp3) is 0.222. The van der Waals surface area contributed by atoms with E-state index >= 15 is 0 Å². The number of aromatic nitrogens is 8. The Hall–Kier alpha value is -4.57. The number of aryl methyl sites for hydroxylation is 3. The van der Waals surface area contributed by atoms with Crippen molar-refractivity contribution < 1.29 is 18.4 Å². The summed E-state index contributed by atoms with van der Waals surface area (Å²) in [6, 6.07) is 4.47. The third-order valence-electron chi connectivity index (χ3n) is 6.80. The number of thiophene rings is 1. The molecule has 16 heteroatoms. The molecule has 0 aliphatic carbocycles. The van der Waals surface area contributed by atoms with E-state index in [1.54, 1.807) is 34.7 Å². The summed E-state index contributed by atoms with van der Waals surface area (Å²) in [5.41, 5.74) is 8.33. The Labute approximate surface area is 254 Å². The molecule has 0 fully saturated rings. The van der Waals surface area contributed by atoms with E-state index in [1.165, 1.54) is 16.6 Å². The molecule has 43 heavy (non-hydrogen) atoms. The maximum absolute atomic E-state index is 13.9. The van der Waals surface area contributed by atoms with Gasteiger partial charge in [-0.3, -0.25) is 19.0 Å². The number of anilines is 1. The van der Waals surface area contributed by atoms with E-state index in [2.05, 4.69) is 46.5 Å². The first-order valence-electron chi connectivity index (χ1n) is 13.1. The van der Waals surface area contributed by atoms with Crippen LogP contribution < -0.4 is 11.1 Å². The standard InChI is InChI=1S/C27H23BrF2N10O2S/c1-4-38-10-14(12(3)35-38)13-8-16(24(29)30)33-27-20(13)22(23(43-27)25(31)41)34-26(42)17-9-19-32-7-6-18(40(19)36-17)21-15(28)11-39(5-2)37-21/h6-11,24H,4-5H2,1-3H3,(H2,31,41)(H,34,42). The average Bonchev–Trinajstić information content (AvgIpc) is 3.76. The minimum Gasteiger partial charge on any atom is -0.365 e. The fourth-order valence-corrected chi connectivity index (χ4v) is 6.31. The van der Waals surface area contributed by atoms with Crippen molar-refractivity contribution in [2.45, 2.75) is 40.3 Å². The highest BCUT2D eigenvalue weighted by Crippen LogP contribution is 2.43. The molecule has 220 valence electrons. The lowest BCUT2D eigenvalue weighted by Gasteiger charge is -2.10. The van der Waals surface area contributed by atoms with Crippen LogP contribution in [0.5, 0.6) is 0 Å². The number of pyridine rings is 1. The van der Waals surface area contributed by atoms with Crippen LogP contribution in [0.25, 0.3) is 38.4 Å². The first-order chi connectivity index (χ1) is 20.6. The second-order valence-corrected chi connectivity index (χ2v) is 11.3. The lowest BCUT2D eigenvalue weighted by atomic mass is 10.0. The van der Waals surface area contributed by atoms with Crippen molar-refractivity contribution in [3.63, 3.8) is 0 Å². The molecule has 12 nitrogen and oxygen atoms in total. The first-order valence-corrected chi connectivity index (χ1v) is 14.7. The van der Waals surface area contributed by atoms with Gasteiger partial charge in [-0.15, -0.1) is 11.3 Å². The Morgan fingerprint density at radius 3 is 2.49 bits per heavy atom. The number of nitrogens with zero attached hydrogens (tertiary/aromatic N) is 8. The van der Waals surface area contributed by atoms with E-state index in [0.717, 1.165) is 15.8 Å². The number of hydrogen-bond donors (Lipinski definition) is 2. The highest BCUT2D eigenvalue weighted by Gasteiger charge is 2.27. The van der Waals surface area contributed by atoms with Gasteiger partial charge in [0.15, 0.2) is 11.3 Å². The lowest BCUT2D eigenvalue weighted by molar-refractivity contribution is 0.100. The van der Waals surface area contributed by atoms with Gasteiger partial charge < -0.3 is 11.1 Å². The second kappa shape index (κ2) is 10.9. The zero-order valence-electron chi connectivity index (χ0n) is 23.0. The summed E-state index contributed by atoms with van der Waals surface area (Å²) in [5, 5.41) is 16.5. The minimum atomic E-state index is -2.87. The Balaban J connectivity index is 1.49. The number of nitrogens with two attached hydrogens (primary N) is 1. The third kappa shape index (κ3) is 4.95. The monoisotopic (exact) mass is 668 g/mol. The highest BCUT2D eigenvalue weighted by atomic mass is 79.9. The largest absolute Gasteiger partial charge is 0.365 e. The van der Waals surface area contributed by atoms with Crippen molar-refractivity contribution in [1.82, 2.24) is 39.1 Å². The van der Waals surface area contributed by atoms with Crippen LogP contribution in [-0.2, 0) is 13.1 Å². The number of amides is 2. The SMILES string of the molecule is CCn1cc(-c2cc(C(F)F)nc3sc(C(N)=O)c(NC(=O)c4cc5nccc(-c6nn(CC)cc6Br)n5n4)c23)c(C)n1. The Morgan fingerprint density at radius 1 is 1.09 bits per heavy atom. The van der Waals surface area contributed by atoms with E-state index < -0.39 is 23.9 Å². The number of alkyl halides is 2. The predicted octanol–water partition coefficient (Wildman–Crippen LogP) is 5.47. The quantitative estimate of drug-likeness (QED) is 0.218. The summed E-state index contributed by atoms with van der Waals surface area (Å²) < 4.78 is 33.5. The number of halogens is 3. The molecule has 0 atom stereocenters. The van der Waals surface area contributed by atoms with Crippen molar-refractivity contribution in [2.75, 3.05) is 5.32 Å². The van der Waals surface area contributed by atoms with Gasteiger partial charge in [0.25, 0.3) is 18.2 Å². The smallest absolute Gasteiger partial charge is 0.280 e. The van der Waals surface area contributed by atoms with Crippen LogP contribution in [0.15, 0.2) is 41.3 Å². The fourth-order valence-electron chi connectivity index (χ4n) is 4.77. The molecule has 0 aliphatic rings. The Morgan fingerprint density at radius 2 is 1.84 bits per heavy atom. The summed E-state index contributed by atoms with van der Waals surface area (Å²) >= 11 is 4.35. The second-order valence-electron chi connectivity index (χ2n) is 9.49. The molecule has 0 aliphatic heterocycles. The van der Waals surface area contributed by atoms with E-state index in [1.807, 2.05) is 20.0 Å². The summed E-state index contributed by atoms with van der Waals surface area (Å²) in [4.78, 5) is 34.7. The number of hydrogen-bond acceptors (Lipinski definition) is 8. The van der Waals surface area contributed by atoms with Crippen LogP contribution in [0, 0.1) is 6.92 Å². The molecule has 0 radical (unpaired) electrons. The molecule has 3 N–H and O–H groups in total.